The number of aliphatic hydroxyl groups excluding tert-OH is 1. The van der Waals surface area contributed by atoms with Crippen molar-refractivity contribution in [3.05, 3.63) is 0 Å². The lowest BCUT2D eigenvalue weighted by Crippen LogP contribution is -2.51. The van der Waals surface area contributed by atoms with Crippen molar-refractivity contribution in [2.75, 3.05) is 0 Å². The fraction of sp³-hybridized carbons (Fsp3) is 0.917. The quantitative estimate of drug-likeness (QED) is 0.527. The lowest BCUT2D eigenvalue weighted by atomic mass is 9.59. The third-order valence-corrected chi connectivity index (χ3v) is 4.73. The van der Waals surface area contributed by atoms with Crippen molar-refractivity contribution in [1.82, 2.24) is 5.32 Å². The number of hydrogen-bond acceptors (Lipinski definition) is 4. The van der Waals surface area contributed by atoms with E-state index >= 15 is 0 Å². The van der Waals surface area contributed by atoms with Crippen LogP contribution in [0.3, 0.4) is 0 Å². The molecular weight excluding hydrogens is 233 g/mol. The van der Waals surface area contributed by atoms with Gasteiger partial charge in [-0.1, -0.05) is 20.2 Å². The number of rotatable bonds is 5. The molecule has 5 nitrogen and oxygen atoms in total. The largest absolute Gasteiger partial charge is 0.480 e. The SMILES string of the molecule is CB(O)CCC[C@]1(C)[C@H]2[C@@H](O)C[C@H]2N[C@@H]1C(=O)O. The molecule has 1 aliphatic carbocycles. The zero-order valence-electron chi connectivity index (χ0n) is 11.0. The molecule has 18 heavy (non-hydrogen) atoms. The highest BCUT2D eigenvalue weighted by Crippen LogP contribution is 2.52. The molecule has 2 fully saturated rings. The van der Waals surface area contributed by atoms with Gasteiger partial charge in [0.15, 0.2) is 0 Å². The fourth-order valence-electron chi connectivity index (χ4n) is 3.74. The molecule has 4 N–H and O–H groups in total. The van der Waals surface area contributed by atoms with Crippen LogP contribution in [0.5, 0.6) is 0 Å². The van der Waals surface area contributed by atoms with Gasteiger partial charge in [-0.3, -0.25) is 4.79 Å². The summed E-state index contributed by atoms with van der Waals surface area (Å²) in [5, 5.41) is 31.6. The average Bonchev–Trinajstić information content (AvgIpc) is 2.44. The third kappa shape index (κ3) is 2.17. The average molecular weight is 255 g/mol. The van der Waals surface area contributed by atoms with Crippen LogP contribution in [-0.4, -0.2) is 46.3 Å². The van der Waals surface area contributed by atoms with E-state index in [2.05, 4.69) is 5.32 Å². The first-order valence-corrected chi connectivity index (χ1v) is 6.71. The minimum absolute atomic E-state index is 0.0348. The fourth-order valence-corrected chi connectivity index (χ4v) is 3.74. The zero-order chi connectivity index (χ0) is 13.5. The molecule has 0 bridgehead atoms. The van der Waals surface area contributed by atoms with Crippen LogP contribution in [0.1, 0.15) is 26.2 Å². The van der Waals surface area contributed by atoms with Crippen LogP contribution in [0.4, 0.5) is 0 Å². The Hall–Kier alpha value is -0.585. The van der Waals surface area contributed by atoms with Crippen LogP contribution >= 0.6 is 0 Å². The topological polar surface area (TPSA) is 89.8 Å². The summed E-state index contributed by atoms with van der Waals surface area (Å²) in [6.45, 7) is 3.34. The summed E-state index contributed by atoms with van der Waals surface area (Å²) in [4.78, 5) is 11.3. The Morgan fingerprint density at radius 1 is 1.56 bits per heavy atom. The first-order valence-electron chi connectivity index (χ1n) is 6.71. The van der Waals surface area contributed by atoms with Gasteiger partial charge in [-0.2, -0.15) is 0 Å². The first kappa shape index (κ1) is 13.8. The number of carboxylic acids is 1. The van der Waals surface area contributed by atoms with Crippen molar-refractivity contribution >= 4 is 12.9 Å². The van der Waals surface area contributed by atoms with Gasteiger partial charge >= 0.3 is 5.97 Å². The van der Waals surface area contributed by atoms with E-state index in [1.54, 1.807) is 6.82 Å². The van der Waals surface area contributed by atoms with Crippen molar-refractivity contribution in [1.29, 1.82) is 0 Å². The number of nitrogens with one attached hydrogen (secondary N) is 1. The van der Waals surface area contributed by atoms with Gasteiger partial charge in [-0.15, -0.1) is 0 Å². The molecule has 5 atom stereocenters. The molecule has 1 saturated heterocycles. The Balaban J connectivity index is 2.06. The molecule has 0 unspecified atom stereocenters. The normalized spacial score (nSPS) is 42.2. The summed E-state index contributed by atoms with van der Waals surface area (Å²) in [5.74, 6) is -0.802. The molecule has 1 heterocycles. The molecule has 6 heteroatoms. The Labute approximate surface area is 108 Å². The minimum atomic E-state index is -0.837. The molecule has 0 amide bonds. The predicted octanol–water partition coefficient (Wildman–Crippen LogP) is 0.192. The highest BCUT2D eigenvalue weighted by molar-refractivity contribution is 6.48. The molecule has 102 valence electrons. The number of aliphatic carboxylic acids is 1. The smallest absolute Gasteiger partial charge is 0.321 e. The predicted molar refractivity (Wildman–Crippen MR) is 68.4 cm³/mol. The number of fused-ring (bicyclic) bond motifs is 1. The van der Waals surface area contributed by atoms with Gasteiger partial charge in [0.1, 0.15) is 6.04 Å². The van der Waals surface area contributed by atoms with E-state index in [0.29, 0.717) is 12.7 Å². The van der Waals surface area contributed by atoms with Gasteiger partial charge in [0, 0.05) is 17.4 Å². The lowest BCUT2D eigenvalue weighted by molar-refractivity contribution is -0.142. The van der Waals surface area contributed by atoms with E-state index in [1.807, 2.05) is 6.92 Å². The Morgan fingerprint density at radius 3 is 2.72 bits per heavy atom. The second-order valence-electron chi connectivity index (χ2n) is 6.12. The Morgan fingerprint density at radius 2 is 2.22 bits per heavy atom. The molecule has 0 aromatic rings. The molecular formula is C12H22BNO4. The molecule has 0 aromatic carbocycles. The summed E-state index contributed by atoms with van der Waals surface area (Å²) >= 11 is 0. The lowest BCUT2D eigenvalue weighted by Gasteiger charge is -2.44. The maximum atomic E-state index is 11.3. The molecule has 1 saturated carbocycles. The van der Waals surface area contributed by atoms with Gasteiger partial charge in [-0.25, -0.2) is 0 Å². The van der Waals surface area contributed by atoms with Crippen LogP contribution in [0, 0.1) is 11.3 Å². The maximum Gasteiger partial charge on any atom is 0.321 e. The number of carbonyl (C=O) groups is 1. The number of hydrogen-bond donors (Lipinski definition) is 4. The van der Waals surface area contributed by atoms with Gasteiger partial charge in [0.05, 0.1) is 6.10 Å². The summed E-state index contributed by atoms with van der Waals surface area (Å²) in [6.07, 6.45) is 2.45. The van der Waals surface area contributed by atoms with E-state index < -0.39 is 17.4 Å². The van der Waals surface area contributed by atoms with E-state index in [1.165, 1.54) is 0 Å². The van der Waals surface area contributed by atoms with Gasteiger partial charge < -0.3 is 20.6 Å². The summed E-state index contributed by atoms with van der Waals surface area (Å²) in [5.41, 5.74) is -0.414. The second kappa shape index (κ2) is 4.83. The summed E-state index contributed by atoms with van der Waals surface area (Å²) < 4.78 is 0. The van der Waals surface area contributed by atoms with Crippen molar-refractivity contribution in [2.45, 2.75) is 57.5 Å². The molecule has 2 aliphatic rings. The van der Waals surface area contributed by atoms with Crippen molar-refractivity contribution in [3.8, 4) is 0 Å². The van der Waals surface area contributed by atoms with Crippen LogP contribution < -0.4 is 5.32 Å². The van der Waals surface area contributed by atoms with E-state index in [4.69, 9.17) is 0 Å². The monoisotopic (exact) mass is 255 g/mol. The molecule has 0 spiro atoms. The van der Waals surface area contributed by atoms with Gasteiger partial charge in [0.25, 0.3) is 6.92 Å². The third-order valence-electron chi connectivity index (χ3n) is 4.73. The van der Waals surface area contributed by atoms with Crippen molar-refractivity contribution in [2.24, 2.45) is 11.3 Å². The van der Waals surface area contributed by atoms with E-state index in [-0.39, 0.29) is 25.0 Å². The van der Waals surface area contributed by atoms with Gasteiger partial charge in [-0.05, 0) is 19.2 Å². The summed E-state index contributed by atoms with van der Waals surface area (Å²) in [6, 6.07) is -0.448. The van der Waals surface area contributed by atoms with Crippen LogP contribution in [0.15, 0.2) is 0 Å². The van der Waals surface area contributed by atoms with E-state index in [0.717, 1.165) is 12.8 Å². The molecule has 2 rings (SSSR count). The van der Waals surface area contributed by atoms with Crippen molar-refractivity contribution in [3.63, 3.8) is 0 Å². The number of carboxylic acid groups (broad SMARTS) is 1. The second-order valence-corrected chi connectivity index (χ2v) is 6.12. The van der Waals surface area contributed by atoms with Crippen LogP contribution in [0.2, 0.25) is 13.1 Å². The molecule has 0 aromatic heterocycles. The first-order chi connectivity index (χ1) is 8.36. The molecule has 1 aliphatic heterocycles. The maximum absolute atomic E-state index is 11.3. The molecule has 0 radical (unpaired) electrons. The standard InChI is InChI=1S/C12H22BNO4/c1-12(4-3-5-13(2)18)9-7(6-8(9)15)14-10(12)11(16)17/h7-10,14-15,18H,3-6H2,1-2H3,(H,16,17)/t7-,8+,9-,10-,12-/m1/s1. The summed E-state index contributed by atoms with van der Waals surface area (Å²) in [7, 11) is 0. The zero-order valence-corrected chi connectivity index (χ0v) is 11.0. The van der Waals surface area contributed by atoms with Crippen LogP contribution in [0.25, 0.3) is 0 Å². The number of aliphatic hydroxyl groups is 1. The van der Waals surface area contributed by atoms with Crippen LogP contribution in [-0.2, 0) is 4.79 Å². The van der Waals surface area contributed by atoms with Gasteiger partial charge in [0.2, 0.25) is 0 Å². The highest BCUT2D eigenvalue weighted by Gasteiger charge is 2.61. The minimum Gasteiger partial charge on any atom is -0.480 e. The Kier molecular flexibility index (Phi) is 3.71. The van der Waals surface area contributed by atoms with Crippen molar-refractivity contribution < 1.29 is 20.0 Å². The highest BCUT2D eigenvalue weighted by atomic mass is 16.4. The Bertz CT molecular complexity index is 338. The van der Waals surface area contributed by atoms with E-state index in [9.17, 15) is 20.0 Å².